The van der Waals surface area contributed by atoms with Crippen molar-refractivity contribution in [3.63, 3.8) is 0 Å². The Balaban J connectivity index is 2.11. The number of ether oxygens (including phenoxy) is 2. The summed E-state index contributed by atoms with van der Waals surface area (Å²) in [4.78, 5) is 9.59. The molecule has 3 rings (SSSR count). The zero-order valence-electron chi connectivity index (χ0n) is 12.7. The quantitative estimate of drug-likeness (QED) is 0.631. The second-order valence-electron chi connectivity index (χ2n) is 5.39. The van der Waals surface area contributed by atoms with E-state index in [2.05, 4.69) is 23.0 Å². The minimum Gasteiger partial charge on any atom is -0.382 e. The molecule has 1 aliphatic heterocycles. The van der Waals surface area contributed by atoms with Gasteiger partial charge in [-0.1, -0.05) is 6.92 Å². The van der Waals surface area contributed by atoms with E-state index in [9.17, 15) is 5.26 Å². The summed E-state index contributed by atoms with van der Waals surface area (Å²) >= 11 is 3.11. The van der Waals surface area contributed by atoms with Gasteiger partial charge in [-0.2, -0.15) is 5.26 Å². The van der Waals surface area contributed by atoms with Crippen molar-refractivity contribution < 1.29 is 9.47 Å². The zero-order chi connectivity index (χ0) is 15.7. The van der Waals surface area contributed by atoms with Gasteiger partial charge in [-0.05, 0) is 12.7 Å². The highest BCUT2D eigenvalue weighted by Crippen LogP contribution is 2.48. The number of nitrogens with zero attached hydrogens (tertiary/aromatic N) is 3. The van der Waals surface area contributed by atoms with Gasteiger partial charge in [0.25, 0.3) is 0 Å². The van der Waals surface area contributed by atoms with Crippen molar-refractivity contribution in [2.45, 2.75) is 30.1 Å². The van der Waals surface area contributed by atoms with Crippen LogP contribution in [0.15, 0.2) is 16.7 Å². The minimum absolute atomic E-state index is 0.0568. The minimum atomic E-state index is -0.945. The summed E-state index contributed by atoms with van der Waals surface area (Å²) in [6, 6.07) is 2.41. The lowest BCUT2D eigenvalue weighted by Gasteiger charge is -2.24. The van der Waals surface area contributed by atoms with Crippen molar-refractivity contribution in [1.82, 2.24) is 9.97 Å². The lowest BCUT2D eigenvalue weighted by Crippen LogP contribution is -2.29. The van der Waals surface area contributed by atoms with Gasteiger partial charge in [0.2, 0.25) is 0 Å². The first kappa shape index (κ1) is 15.7. The van der Waals surface area contributed by atoms with Gasteiger partial charge in [-0.3, -0.25) is 0 Å². The molecule has 0 amide bonds. The fourth-order valence-electron chi connectivity index (χ4n) is 3.01. The topological polar surface area (TPSA) is 68.0 Å². The Morgan fingerprint density at radius 1 is 1.59 bits per heavy atom. The van der Waals surface area contributed by atoms with Gasteiger partial charge < -0.3 is 9.47 Å². The standard InChI is InChI=1S/C15H17N3O2S2/c1-9-4-10(5-19-2)20-15(9,7-16)13-12-11(6-22-13)14(21-3)18-8-17-12/h6,8-10H,4-5H2,1-3H3. The van der Waals surface area contributed by atoms with Gasteiger partial charge in [-0.15, -0.1) is 23.1 Å². The molecule has 2 aromatic heterocycles. The van der Waals surface area contributed by atoms with Gasteiger partial charge in [0, 0.05) is 23.8 Å². The second kappa shape index (κ2) is 6.13. The van der Waals surface area contributed by atoms with E-state index in [1.165, 1.54) is 11.3 Å². The molecule has 1 saturated heterocycles. The predicted molar refractivity (Wildman–Crippen MR) is 87.0 cm³/mol. The molecular formula is C15H17N3O2S2. The molecule has 0 N–H and O–H groups in total. The Labute approximate surface area is 137 Å². The average Bonchev–Trinajstić information content (AvgIpc) is 3.09. The van der Waals surface area contributed by atoms with Crippen LogP contribution >= 0.6 is 23.1 Å². The maximum atomic E-state index is 9.87. The fourth-order valence-corrected chi connectivity index (χ4v) is 4.81. The number of thiophene rings is 1. The first-order valence-electron chi connectivity index (χ1n) is 7.01. The highest BCUT2D eigenvalue weighted by Gasteiger charge is 2.50. The summed E-state index contributed by atoms with van der Waals surface area (Å²) in [5.74, 6) is 0.0900. The highest BCUT2D eigenvalue weighted by molar-refractivity contribution is 7.98. The Morgan fingerprint density at radius 2 is 2.41 bits per heavy atom. The van der Waals surface area contributed by atoms with E-state index in [1.807, 2.05) is 11.6 Å². The Bertz CT molecular complexity index is 727. The summed E-state index contributed by atoms with van der Waals surface area (Å²) in [6.07, 6.45) is 4.30. The van der Waals surface area contributed by atoms with Crippen LogP contribution < -0.4 is 0 Å². The lowest BCUT2D eigenvalue weighted by molar-refractivity contribution is -0.0442. The van der Waals surface area contributed by atoms with Crippen LogP contribution in [0.25, 0.3) is 10.9 Å². The van der Waals surface area contributed by atoms with E-state index in [-0.39, 0.29) is 12.0 Å². The molecule has 0 radical (unpaired) electrons. The van der Waals surface area contributed by atoms with Crippen LogP contribution in [0.4, 0.5) is 0 Å². The first-order chi connectivity index (χ1) is 10.7. The van der Waals surface area contributed by atoms with Crippen LogP contribution in [0.3, 0.4) is 0 Å². The van der Waals surface area contributed by atoms with E-state index >= 15 is 0 Å². The molecule has 1 aliphatic rings. The predicted octanol–water partition coefficient (Wildman–Crippen LogP) is 3.20. The molecule has 1 fully saturated rings. The molecule has 0 aliphatic carbocycles. The molecule has 0 bridgehead atoms. The van der Waals surface area contributed by atoms with Crippen LogP contribution in [0.5, 0.6) is 0 Å². The summed E-state index contributed by atoms with van der Waals surface area (Å²) in [7, 11) is 1.65. The Kier molecular flexibility index (Phi) is 4.37. The Morgan fingerprint density at radius 3 is 3.09 bits per heavy atom. The SMILES string of the molecule is COCC1CC(C)C(C#N)(c2scc3c(SC)ncnc23)O1. The summed E-state index contributed by atoms with van der Waals surface area (Å²) in [5, 5.41) is 13.8. The number of nitriles is 1. The van der Waals surface area contributed by atoms with Gasteiger partial charge in [-0.25, -0.2) is 9.97 Å². The number of aromatic nitrogens is 2. The molecule has 2 aromatic rings. The molecule has 22 heavy (non-hydrogen) atoms. The highest BCUT2D eigenvalue weighted by atomic mass is 32.2. The molecule has 3 heterocycles. The van der Waals surface area contributed by atoms with Gasteiger partial charge >= 0.3 is 0 Å². The van der Waals surface area contributed by atoms with Crippen LogP contribution in [0.1, 0.15) is 18.2 Å². The number of fused-ring (bicyclic) bond motifs is 1. The Hall–Kier alpha value is -1.20. The number of hydrogen-bond acceptors (Lipinski definition) is 7. The third-order valence-electron chi connectivity index (χ3n) is 4.07. The van der Waals surface area contributed by atoms with Gasteiger partial charge in [0.1, 0.15) is 17.4 Å². The largest absolute Gasteiger partial charge is 0.382 e. The van der Waals surface area contributed by atoms with Crippen molar-refractivity contribution in [3.05, 3.63) is 16.6 Å². The maximum Gasteiger partial charge on any atom is 0.193 e. The van der Waals surface area contributed by atoms with Crippen LogP contribution in [0.2, 0.25) is 0 Å². The third kappa shape index (κ3) is 2.31. The molecule has 0 spiro atoms. The average molecular weight is 335 g/mol. The molecular weight excluding hydrogens is 318 g/mol. The van der Waals surface area contributed by atoms with E-state index in [0.717, 1.165) is 27.2 Å². The van der Waals surface area contributed by atoms with Crippen molar-refractivity contribution in [2.75, 3.05) is 20.0 Å². The number of hydrogen-bond donors (Lipinski definition) is 0. The van der Waals surface area contributed by atoms with E-state index in [0.29, 0.717) is 6.61 Å². The van der Waals surface area contributed by atoms with Crippen LogP contribution in [0, 0.1) is 17.2 Å². The zero-order valence-corrected chi connectivity index (χ0v) is 14.3. The summed E-state index contributed by atoms with van der Waals surface area (Å²) in [6.45, 7) is 2.56. The molecule has 3 unspecified atom stereocenters. The molecule has 0 saturated carbocycles. The second-order valence-corrected chi connectivity index (χ2v) is 7.06. The lowest BCUT2D eigenvalue weighted by atomic mass is 9.87. The van der Waals surface area contributed by atoms with Crippen molar-refractivity contribution in [2.24, 2.45) is 5.92 Å². The normalized spacial score (nSPS) is 28.1. The first-order valence-corrected chi connectivity index (χ1v) is 9.11. The molecule has 0 aromatic carbocycles. The van der Waals surface area contributed by atoms with E-state index in [4.69, 9.17) is 9.47 Å². The number of thioether (sulfide) groups is 1. The fraction of sp³-hybridized carbons (Fsp3) is 0.533. The van der Waals surface area contributed by atoms with E-state index < -0.39 is 5.60 Å². The third-order valence-corrected chi connectivity index (χ3v) is 5.87. The van der Waals surface area contributed by atoms with Gasteiger partial charge in [0.05, 0.1) is 23.1 Å². The van der Waals surface area contributed by atoms with Crippen molar-refractivity contribution >= 4 is 34.0 Å². The molecule has 7 heteroatoms. The molecule has 3 atom stereocenters. The maximum absolute atomic E-state index is 9.87. The van der Waals surface area contributed by atoms with Gasteiger partial charge in [0.15, 0.2) is 5.60 Å². The number of methoxy groups -OCH3 is 1. The molecule has 116 valence electrons. The van der Waals surface area contributed by atoms with Crippen LogP contribution in [-0.4, -0.2) is 36.0 Å². The number of rotatable bonds is 4. The van der Waals surface area contributed by atoms with E-state index in [1.54, 1.807) is 25.2 Å². The summed E-state index contributed by atoms with van der Waals surface area (Å²) < 4.78 is 11.3. The molecule has 5 nitrogen and oxygen atoms in total. The van der Waals surface area contributed by atoms with Crippen molar-refractivity contribution in [1.29, 1.82) is 5.26 Å². The monoisotopic (exact) mass is 335 g/mol. The summed E-state index contributed by atoms with van der Waals surface area (Å²) in [5.41, 5.74) is -0.115. The van der Waals surface area contributed by atoms with Crippen molar-refractivity contribution in [3.8, 4) is 6.07 Å². The smallest absolute Gasteiger partial charge is 0.193 e. The van der Waals surface area contributed by atoms with Crippen LogP contribution in [-0.2, 0) is 15.1 Å².